The van der Waals surface area contributed by atoms with E-state index in [4.69, 9.17) is 0 Å². The van der Waals surface area contributed by atoms with E-state index in [1.54, 1.807) is 0 Å². The Bertz CT molecular complexity index is 293. The van der Waals surface area contributed by atoms with E-state index >= 15 is 0 Å². The maximum atomic E-state index is 3.68. The third kappa shape index (κ3) is 1.19. The predicted molar refractivity (Wildman–Crippen MR) is 53.7 cm³/mol. The third-order valence-corrected chi connectivity index (χ3v) is 3.53. The SMILES string of the molecule is c1ccc([C@@H]2C[C@@H]3CC[C@@H]2N3)cc1. The number of fused-ring (bicyclic) bond motifs is 2. The molecule has 3 rings (SSSR count). The molecule has 2 saturated heterocycles. The number of rotatable bonds is 1. The van der Waals surface area contributed by atoms with Crippen molar-refractivity contribution in [2.45, 2.75) is 37.3 Å². The minimum absolute atomic E-state index is 0.771. The highest BCUT2D eigenvalue weighted by molar-refractivity contribution is 5.24. The molecular formula is C12H15N. The molecule has 0 unspecified atom stereocenters. The van der Waals surface area contributed by atoms with Crippen molar-refractivity contribution in [2.24, 2.45) is 0 Å². The molecule has 2 fully saturated rings. The first-order valence-electron chi connectivity index (χ1n) is 5.24. The summed E-state index contributed by atoms with van der Waals surface area (Å²) in [5.74, 6) is 0.792. The van der Waals surface area contributed by atoms with Gasteiger partial charge in [0.05, 0.1) is 0 Å². The first-order valence-corrected chi connectivity index (χ1v) is 5.24. The quantitative estimate of drug-likeness (QED) is 0.687. The second kappa shape index (κ2) is 2.85. The Morgan fingerprint density at radius 2 is 1.92 bits per heavy atom. The smallest absolute Gasteiger partial charge is 0.0139 e. The number of hydrogen-bond donors (Lipinski definition) is 1. The molecule has 0 aromatic heterocycles. The lowest BCUT2D eigenvalue weighted by molar-refractivity contribution is 0.506. The Labute approximate surface area is 79.2 Å². The van der Waals surface area contributed by atoms with Crippen LogP contribution in [0.25, 0.3) is 0 Å². The molecule has 3 atom stereocenters. The van der Waals surface area contributed by atoms with Crippen molar-refractivity contribution in [3.8, 4) is 0 Å². The van der Waals surface area contributed by atoms with Crippen LogP contribution in [0, 0.1) is 0 Å². The van der Waals surface area contributed by atoms with Crippen LogP contribution in [0.5, 0.6) is 0 Å². The van der Waals surface area contributed by atoms with Crippen molar-refractivity contribution in [3.05, 3.63) is 35.9 Å². The molecule has 2 aliphatic rings. The van der Waals surface area contributed by atoms with E-state index in [0.29, 0.717) is 0 Å². The first kappa shape index (κ1) is 7.57. The fourth-order valence-electron chi connectivity index (χ4n) is 2.89. The molecule has 2 heterocycles. The standard InChI is InChI=1S/C12H15N/c1-2-4-9(5-3-1)11-8-10-6-7-12(11)13-10/h1-5,10-13H,6-8H2/t10-,11-,12-/m0/s1. The summed E-state index contributed by atoms with van der Waals surface area (Å²) < 4.78 is 0. The van der Waals surface area contributed by atoms with Crippen molar-refractivity contribution in [2.75, 3.05) is 0 Å². The lowest BCUT2D eigenvalue weighted by Crippen LogP contribution is -2.21. The molecule has 1 N–H and O–H groups in total. The van der Waals surface area contributed by atoms with Crippen molar-refractivity contribution in [1.29, 1.82) is 0 Å². The summed E-state index contributed by atoms with van der Waals surface area (Å²) in [6, 6.07) is 12.5. The minimum Gasteiger partial charge on any atom is -0.311 e. The molecule has 13 heavy (non-hydrogen) atoms. The van der Waals surface area contributed by atoms with Crippen LogP contribution in [-0.4, -0.2) is 12.1 Å². The summed E-state index contributed by atoms with van der Waals surface area (Å²) in [5.41, 5.74) is 1.53. The number of benzene rings is 1. The van der Waals surface area contributed by atoms with E-state index in [-0.39, 0.29) is 0 Å². The second-order valence-corrected chi connectivity index (χ2v) is 4.30. The van der Waals surface area contributed by atoms with Crippen LogP contribution < -0.4 is 5.32 Å². The van der Waals surface area contributed by atoms with Crippen LogP contribution in [0.1, 0.15) is 30.7 Å². The van der Waals surface area contributed by atoms with Gasteiger partial charge < -0.3 is 5.32 Å². The normalized spacial score (nSPS) is 36.8. The van der Waals surface area contributed by atoms with E-state index < -0.39 is 0 Å². The van der Waals surface area contributed by atoms with Gasteiger partial charge in [-0.2, -0.15) is 0 Å². The van der Waals surface area contributed by atoms with Crippen molar-refractivity contribution >= 4 is 0 Å². The molecule has 0 amide bonds. The summed E-state index contributed by atoms with van der Waals surface area (Å²) in [6.07, 6.45) is 4.13. The van der Waals surface area contributed by atoms with Gasteiger partial charge in [0.25, 0.3) is 0 Å². The van der Waals surface area contributed by atoms with Gasteiger partial charge in [-0.05, 0) is 24.8 Å². The Hall–Kier alpha value is -0.820. The van der Waals surface area contributed by atoms with E-state index in [1.807, 2.05) is 0 Å². The lowest BCUT2D eigenvalue weighted by Gasteiger charge is -2.20. The molecule has 1 aromatic carbocycles. The van der Waals surface area contributed by atoms with Gasteiger partial charge in [0.2, 0.25) is 0 Å². The van der Waals surface area contributed by atoms with Gasteiger partial charge in [0, 0.05) is 18.0 Å². The highest BCUT2D eigenvalue weighted by atomic mass is 15.0. The largest absolute Gasteiger partial charge is 0.311 e. The van der Waals surface area contributed by atoms with Crippen molar-refractivity contribution in [3.63, 3.8) is 0 Å². The summed E-state index contributed by atoms with van der Waals surface area (Å²) in [6.45, 7) is 0. The predicted octanol–water partition coefficient (Wildman–Crippen LogP) is 2.29. The average Bonchev–Trinajstić information content (AvgIpc) is 2.80. The van der Waals surface area contributed by atoms with Gasteiger partial charge >= 0.3 is 0 Å². The Morgan fingerprint density at radius 3 is 2.54 bits per heavy atom. The van der Waals surface area contributed by atoms with Gasteiger partial charge in [-0.15, -0.1) is 0 Å². The molecule has 68 valence electrons. The lowest BCUT2D eigenvalue weighted by atomic mass is 9.84. The molecule has 1 nitrogen and oxygen atoms in total. The second-order valence-electron chi connectivity index (χ2n) is 4.30. The highest BCUT2D eigenvalue weighted by Gasteiger charge is 2.39. The van der Waals surface area contributed by atoms with E-state index in [1.165, 1.54) is 24.8 Å². The van der Waals surface area contributed by atoms with Crippen molar-refractivity contribution < 1.29 is 0 Å². The molecule has 2 bridgehead atoms. The van der Waals surface area contributed by atoms with E-state index in [2.05, 4.69) is 35.6 Å². The maximum absolute atomic E-state index is 3.68. The van der Waals surface area contributed by atoms with Crippen LogP contribution in [0.3, 0.4) is 0 Å². The van der Waals surface area contributed by atoms with Crippen molar-refractivity contribution in [1.82, 2.24) is 5.32 Å². The van der Waals surface area contributed by atoms with Gasteiger partial charge in [-0.25, -0.2) is 0 Å². The highest BCUT2D eigenvalue weighted by Crippen LogP contribution is 2.39. The fraction of sp³-hybridized carbons (Fsp3) is 0.500. The molecule has 0 saturated carbocycles. The molecule has 0 aliphatic carbocycles. The monoisotopic (exact) mass is 173 g/mol. The first-order chi connectivity index (χ1) is 6.43. The molecule has 1 aromatic rings. The number of nitrogens with one attached hydrogen (secondary N) is 1. The molecule has 0 radical (unpaired) electrons. The molecular weight excluding hydrogens is 158 g/mol. The summed E-state index contributed by atoms with van der Waals surface area (Å²) >= 11 is 0. The minimum atomic E-state index is 0.771. The van der Waals surface area contributed by atoms with Crippen LogP contribution in [-0.2, 0) is 0 Å². The number of hydrogen-bond acceptors (Lipinski definition) is 1. The van der Waals surface area contributed by atoms with Crippen LogP contribution in [0.4, 0.5) is 0 Å². The summed E-state index contributed by atoms with van der Waals surface area (Å²) in [5, 5.41) is 3.68. The van der Waals surface area contributed by atoms with E-state index in [9.17, 15) is 0 Å². The Balaban J connectivity index is 1.87. The maximum Gasteiger partial charge on any atom is 0.0139 e. The summed E-state index contributed by atoms with van der Waals surface area (Å²) in [7, 11) is 0. The van der Waals surface area contributed by atoms with Gasteiger partial charge in [-0.1, -0.05) is 30.3 Å². The molecule has 0 spiro atoms. The average molecular weight is 173 g/mol. The van der Waals surface area contributed by atoms with Gasteiger partial charge in [0.1, 0.15) is 0 Å². The zero-order valence-corrected chi connectivity index (χ0v) is 7.74. The van der Waals surface area contributed by atoms with Crippen LogP contribution in [0.15, 0.2) is 30.3 Å². The summed E-state index contributed by atoms with van der Waals surface area (Å²) in [4.78, 5) is 0. The molecule has 2 aliphatic heterocycles. The van der Waals surface area contributed by atoms with Crippen LogP contribution >= 0.6 is 0 Å². The zero-order chi connectivity index (χ0) is 8.67. The van der Waals surface area contributed by atoms with Crippen LogP contribution in [0.2, 0.25) is 0 Å². The topological polar surface area (TPSA) is 12.0 Å². The molecule has 1 heteroatoms. The Morgan fingerprint density at radius 1 is 1.08 bits per heavy atom. The zero-order valence-electron chi connectivity index (χ0n) is 7.74. The van der Waals surface area contributed by atoms with Gasteiger partial charge in [-0.3, -0.25) is 0 Å². The Kier molecular flexibility index (Phi) is 1.66. The van der Waals surface area contributed by atoms with Gasteiger partial charge in [0.15, 0.2) is 0 Å². The fourth-order valence-corrected chi connectivity index (χ4v) is 2.89. The third-order valence-electron chi connectivity index (χ3n) is 3.53. The van der Waals surface area contributed by atoms with E-state index in [0.717, 1.165) is 18.0 Å².